The molecule has 1 aromatic heterocycles. The summed E-state index contributed by atoms with van der Waals surface area (Å²) in [7, 11) is 0. The van der Waals surface area contributed by atoms with Crippen molar-refractivity contribution in [1.29, 1.82) is 0 Å². The largest absolute Gasteiger partial charge is 0.346 e. The molecule has 2 aromatic rings. The van der Waals surface area contributed by atoms with Crippen LogP contribution >= 0.6 is 0 Å². The summed E-state index contributed by atoms with van der Waals surface area (Å²) < 4.78 is 11.1. The highest BCUT2D eigenvalue weighted by molar-refractivity contribution is 5.25. The number of aryl methyl sites for hydroxylation is 1. The van der Waals surface area contributed by atoms with E-state index in [0.29, 0.717) is 13.2 Å². The Kier molecular flexibility index (Phi) is 4.60. The predicted molar refractivity (Wildman–Crippen MR) is 80.6 cm³/mol. The molecule has 0 spiro atoms. The topological polar surface area (TPSA) is 43.4 Å². The standard InChI is InChI=1S/C17H20N2O2/c1-13-16(6-3-7-19-13)12-18-11-14-4-2-5-15(10-14)17-20-8-9-21-17/h2-7,10,17-18H,8-9,11-12H2,1H3. The van der Waals surface area contributed by atoms with E-state index >= 15 is 0 Å². The van der Waals surface area contributed by atoms with Crippen LogP contribution in [0, 0.1) is 6.92 Å². The number of hydrogen-bond acceptors (Lipinski definition) is 4. The molecule has 1 saturated heterocycles. The summed E-state index contributed by atoms with van der Waals surface area (Å²) in [6.45, 7) is 5.02. The van der Waals surface area contributed by atoms with Gasteiger partial charge >= 0.3 is 0 Å². The van der Waals surface area contributed by atoms with Gasteiger partial charge in [-0.15, -0.1) is 0 Å². The van der Waals surface area contributed by atoms with Crippen LogP contribution in [0.4, 0.5) is 0 Å². The zero-order valence-electron chi connectivity index (χ0n) is 12.2. The van der Waals surface area contributed by atoms with E-state index in [1.807, 2.05) is 31.3 Å². The number of nitrogens with one attached hydrogen (secondary N) is 1. The third-order valence-corrected chi connectivity index (χ3v) is 3.61. The summed E-state index contributed by atoms with van der Waals surface area (Å²) in [4.78, 5) is 4.30. The lowest BCUT2D eigenvalue weighted by atomic mass is 10.1. The average Bonchev–Trinajstić information content (AvgIpc) is 3.04. The molecule has 21 heavy (non-hydrogen) atoms. The number of nitrogens with zero attached hydrogens (tertiary/aromatic N) is 1. The van der Waals surface area contributed by atoms with Gasteiger partial charge in [-0.05, 0) is 30.2 Å². The molecule has 0 radical (unpaired) electrons. The van der Waals surface area contributed by atoms with Gasteiger partial charge in [0.1, 0.15) is 0 Å². The molecule has 0 atom stereocenters. The van der Waals surface area contributed by atoms with Crippen molar-refractivity contribution in [3.63, 3.8) is 0 Å². The Morgan fingerprint density at radius 1 is 1.14 bits per heavy atom. The normalized spacial score (nSPS) is 15.5. The van der Waals surface area contributed by atoms with Crippen LogP contribution in [0.25, 0.3) is 0 Å². The molecule has 1 aromatic carbocycles. The van der Waals surface area contributed by atoms with E-state index in [1.54, 1.807) is 0 Å². The van der Waals surface area contributed by atoms with Crippen molar-refractivity contribution in [2.24, 2.45) is 0 Å². The molecule has 4 heteroatoms. The summed E-state index contributed by atoms with van der Waals surface area (Å²) in [6, 6.07) is 12.4. The molecule has 1 N–H and O–H groups in total. The third kappa shape index (κ3) is 3.67. The molecule has 1 aliphatic rings. The van der Waals surface area contributed by atoms with Gasteiger partial charge in [-0.25, -0.2) is 0 Å². The fourth-order valence-electron chi connectivity index (χ4n) is 2.45. The van der Waals surface area contributed by atoms with Crippen molar-refractivity contribution < 1.29 is 9.47 Å². The molecule has 0 amide bonds. The fraction of sp³-hybridized carbons (Fsp3) is 0.353. The van der Waals surface area contributed by atoms with E-state index in [2.05, 4.69) is 28.5 Å². The fourth-order valence-corrected chi connectivity index (χ4v) is 2.45. The monoisotopic (exact) mass is 284 g/mol. The van der Waals surface area contributed by atoms with Gasteiger partial charge in [0.25, 0.3) is 0 Å². The SMILES string of the molecule is Cc1ncccc1CNCc1cccc(C2OCCO2)c1. The van der Waals surface area contributed by atoms with Gasteiger partial charge < -0.3 is 14.8 Å². The molecule has 1 fully saturated rings. The van der Waals surface area contributed by atoms with Crippen LogP contribution in [-0.2, 0) is 22.6 Å². The minimum atomic E-state index is -0.203. The zero-order chi connectivity index (χ0) is 14.5. The van der Waals surface area contributed by atoms with Crippen LogP contribution < -0.4 is 5.32 Å². The smallest absolute Gasteiger partial charge is 0.184 e. The highest BCUT2D eigenvalue weighted by Gasteiger charge is 2.18. The lowest BCUT2D eigenvalue weighted by Crippen LogP contribution is -2.14. The van der Waals surface area contributed by atoms with Crippen molar-refractivity contribution in [1.82, 2.24) is 10.3 Å². The Morgan fingerprint density at radius 2 is 2.00 bits per heavy atom. The maximum absolute atomic E-state index is 5.53. The molecular formula is C17H20N2O2. The summed E-state index contributed by atoms with van der Waals surface area (Å²) in [5, 5.41) is 3.45. The van der Waals surface area contributed by atoms with Gasteiger partial charge in [-0.1, -0.05) is 24.3 Å². The minimum absolute atomic E-state index is 0.203. The lowest BCUT2D eigenvalue weighted by Gasteiger charge is -2.12. The summed E-state index contributed by atoms with van der Waals surface area (Å²) >= 11 is 0. The summed E-state index contributed by atoms with van der Waals surface area (Å²) in [5.41, 5.74) is 4.63. The molecule has 0 aliphatic carbocycles. The molecule has 2 heterocycles. The van der Waals surface area contributed by atoms with Gasteiger partial charge in [0.2, 0.25) is 0 Å². The van der Waals surface area contributed by atoms with Gasteiger partial charge in [-0.2, -0.15) is 0 Å². The van der Waals surface area contributed by atoms with Crippen LogP contribution in [0.3, 0.4) is 0 Å². The summed E-state index contributed by atoms with van der Waals surface area (Å²) in [6.07, 6.45) is 1.62. The maximum atomic E-state index is 5.53. The van der Waals surface area contributed by atoms with Gasteiger partial charge in [0.15, 0.2) is 6.29 Å². The Hall–Kier alpha value is -1.75. The molecule has 3 rings (SSSR count). The van der Waals surface area contributed by atoms with Crippen molar-refractivity contribution in [2.75, 3.05) is 13.2 Å². The first-order valence-corrected chi connectivity index (χ1v) is 7.26. The Labute approximate surface area is 125 Å². The van der Waals surface area contributed by atoms with Gasteiger partial charge in [-0.3, -0.25) is 4.98 Å². The minimum Gasteiger partial charge on any atom is -0.346 e. The second-order valence-corrected chi connectivity index (χ2v) is 5.17. The van der Waals surface area contributed by atoms with Crippen molar-refractivity contribution >= 4 is 0 Å². The number of benzene rings is 1. The highest BCUT2D eigenvalue weighted by Crippen LogP contribution is 2.23. The van der Waals surface area contributed by atoms with E-state index in [9.17, 15) is 0 Å². The number of aromatic nitrogens is 1. The van der Waals surface area contributed by atoms with E-state index in [4.69, 9.17) is 9.47 Å². The second kappa shape index (κ2) is 6.80. The third-order valence-electron chi connectivity index (χ3n) is 3.61. The zero-order valence-corrected chi connectivity index (χ0v) is 12.2. The average molecular weight is 284 g/mol. The quantitative estimate of drug-likeness (QED) is 0.917. The van der Waals surface area contributed by atoms with Crippen molar-refractivity contribution in [3.8, 4) is 0 Å². The first-order chi connectivity index (χ1) is 10.3. The molecular weight excluding hydrogens is 264 g/mol. The number of hydrogen-bond donors (Lipinski definition) is 1. The molecule has 1 aliphatic heterocycles. The van der Waals surface area contributed by atoms with E-state index in [1.165, 1.54) is 11.1 Å². The Balaban J connectivity index is 1.58. The van der Waals surface area contributed by atoms with Crippen molar-refractivity contribution in [3.05, 3.63) is 65.0 Å². The summed E-state index contributed by atoms with van der Waals surface area (Å²) in [5.74, 6) is 0. The first-order valence-electron chi connectivity index (χ1n) is 7.26. The molecule has 110 valence electrons. The van der Waals surface area contributed by atoms with Crippen LogP contribution in [0.2, 0.25) is 0 Å². The highest BCUT2D eigenvalue weighted by atomic mass is 16.7. The van der Waals surface area contributed by atoms with E-state index in [-0.39, 0.29) is 6.29 Å². The molecule has 0 unspecified atom stereocenters. The van der Waals surface area contributed by atoms with E-state index < -0.39 is 0 Å². The number of rotatable bonds is 5. The number of pyridine rings is 1. The van der Waals surface area contributed by atoms with Crippen LogP contribution in [0.5, 0.6) is 0 Å². The predicted octanol–water partition coefficient (Wildman–Crippen LogP) is 2.73. The Morgan fingerprint density at radius 3 is 2.81 bits per heavy atom. The second-order valence-electron chi connectivity index (χ2n) is 5.17. The van der Waals surface area contributed by atoms with Crippen molar-refractivity contribution in [2.45, 2.75) is 26.3 Å². The Bertz CT molecular complexity index is 595. The molecule has 4 nitrogen and oxygen atoms in total. The molecule has 0 bridgehead atoms. The van der Waals surface area contributed by atoms with Crippen LogP contribution in [0.1, 0.15) is 28.7 Å². The number of ether oxygens (including phenoxy) is 2. The van der Waals surface area contributed by atoms with Crippen LogP contribution in [0.15, 0.2) is 42.6 Å². The molecule has 0 saturated carbocycles. The maximum Gasteiger partial charge on any atom is 0.184 e. The van der Waals surface area contributed by atoms with Crippen LogP contribution in [-0.4, -0.2) is 18.2 Å². The van der Waals surface area contributed by atoms with E-state index in [0.717, 1.165) is 24.3 Å². The first kappa shape index (κ1) is 14.2. The van der Waals surface area contributed by atoms with Gasteiger partial charge in [0, 0.05) is 30.5 Å². The van der Waals surface area contributed by atoms with Gasteiger partial charge in [0.05, 0.1) is 13.2 Å². The lowest BCUT2D eigenvalue weighted by molar-refractivity contribution is -0.0441.